The van der Waals surface area contributed by atoms with Crippen molar-refractivity contribution in [1.29, 1.82) is 0 Å². The maximum Gasteiger partial charge on any atom is 0.191 e. The molecule has 0 aliphatic heterocycles. The van der Waals surface area contributed by atoms with Crippen LogP contribution < -0.4 is 15.4 Å². The van der Waals surface area contributed by atoms with Gasteiger partial charge < -0.3 is 19.8 Å². The molecule has 0 saturated heterocycles. The molecule has 1 heterocycles. The monoisotopic (exact) mass is 486 g/mol. The Kier molecular flexibility index (Phi) is 10.9. The highest BCUT2D eigenvalue weighted by atomic mass is 127. The lowest BCUT2D eigenvalue weighted by atomic mass is 10.2. The number of ether oxygens (including phenoxy) is 1. The standard InChI is InChI=1S/C20H30N4O2.HI/c1-5-21-20(22-12-14-25-17-10-8-16(2)9-11-17)23-15-18(24(3)4)19-7-6-13-26-19;/h6-11,13,18H,5,12,14-15H2,1-4H3,(H2,21,22,23);1H. The van der Waals surface area contributed by atoms with E-state index in [1.807, 2.05) is 50.5 Å². The molecule has 1 aromatic carbocycles. The predicted octanol–water partition coefficient (Wildman–Crippen LogP) is 3.44. The van der Waals surface area contributed by atoms with Crippen LogP contribution in [0, 0.1) is 6.92 Å². The number of aliphatic imine (C=N–C) groups is 1. The molecule has 0 radical (unpaired) electrons. The van der Waals surface area contributed by atoms with Crippen LogP contribution in [-0.4, -0.2) is 51.2 Å². The van der Waals surface area contributed by atoms with Gasteiger partial charge in [-0.15, -0.1) is 24.0 Å². The van der Waals surface area contributed by atoms with Gasteiger partial charge in [-0.3, -0.25) is 9.89 Å². The van der Waals surface area contributed by atoms with Gasteiger partial charge in [-0.2, -0.15) is 0 Å². The van der Waals surface area contributed by atoms with Crippen molar-refractivity contribution in [2.75, 3.05) is 40.3 Å². The Morgan fingerprint density at radius 3 is 2.52 bits per heavy atom. The van der Waals surface area contributed by atoms with E-state index < -0.39 is 0 Å². The van der Waals surface area contributed by atoms with Gasteiger partial charge in [-0.1, -0.05) is 17.7 Å². The molecule has 0 aliphatic rings. The number of nitrogens with one attached hydrogen (secondary N) is 2. The van der Waals surface area contributed by atoms with Crippen LogP contribution in [0.15, 0.2) is 52.1 Å². The third-order valence-electron chi connectivity index (χ3n) is 3.95. The summed E-state index contributed by atoms with van der Waals surface area (Å²) < 4.78 is 11.3. The lowest BCUT2D eigenvalue weighted by molar-refractivity contribution is 0.264. The smallest absolute Gasteiger partial charge is 0.191 e. The summed E-state index contributed by atoms with van der Waals surface area (Å²) in [6, 6.07) is 12.1. The van der Waals surface area contributed by atoms with E-state index in [1.54, 1.807) is 6.26 Å². The minimum Gasteiger partial charge on any atom is -0.492 e. The Bertz CT molecular complexity index is 657. The van der Waals surface area contributed by atoms with Gasteiger partial charge >= 0.3 is 0 Å². The summed E-state index contributed by atoms with van der Waals surface area (Å²) in [5, 5.41) is 6.57. The predicted molar refractivity (Wildman–Crippen MR) is 121 cm³/mol. The van der Waals surface area contributed by atoms with E-state index in [1.165, 1.54) is 5.56 Å². The average molecular weight is 486 g/mol. The normalized spacial score (nSPS) is 12.4. The topological polar surface area (TPSA) is 62.0 Å². The molecule has 1 atom stereocenters. The van der Waals surface area contributed by atoms with E-state index >= 15 is 0 Å². The minimum absolute atomic E-state index is 0. The van der Waals surface area contributed by atoms with Gasteiger partial charge in [0.25, 0.3) is 0 Å². The minimum atomic E-state index is 0. The first-order valence-corrected chi connectivity index (χ1v) is 9.01. The van der Waals surface area contributed by atoms with Crippen LogP contribution in [0.2, 0.25) is 0 Å². The fraction of sp³-hybridized carbons (Fsp3) is 0.450. The lowest BCUT2D eigenvalue weighted by Gasteiger charge is -2.21. The summed E-state index contributed by atoms with van der Waals surface area (Å²) in [7, 11) is 4.05. The maximum atomic E-state index is 5.74. The number of benzene rings is 1. The van der Waals surface area contributed by atoms with E-state index in [-0.39, 0.29) is 30.0 Å². The van der Waals surface area contributed by atoms with Crippen LogP contribution in [-0.2, 0) is 0 Å². The molecule has 150 valence electrons. The SMILES string of the molecule is CCNC(=NCC(c1ccco1)N(C)C)NCCOc1ccc(C)cc1.I. The van der Waals surface area contributed by atoms with Crippen LogP contribution in [0.25, 0.3) is 0 Å². The van der Waals surface area contributed by atoms with Crippen LogP contribution >= 0.6 is 24.0 Å². The molecule has 7 heteroatoms. The van der Waals surface area contributed by atoms with Gasteiger partial charge in [-0.05, 0) is 52.2 Å². The molecule has 1 aromatic heterocycles. The van der Waals surface area contributed by atoms with Crippen molar-refractivity contribution in [3.63, 3.8) is 0 Å². The summed E-state index contributed by atoms with van der Waals surface area (Å²) in [6.45, 7) is 6.77. The third kappa shape index (κ3) is 8.21. The first kappa shape index (κ1) is 23.3. The number of likely N-dealkylation sites (N-methyl/N-ethyl adjacent to an activating group) is 1. The van der Waals surface area contributed by atoms with Crippen molar-refractivity contribution in [1.82, 2.24) is 15.5 Å². The first-order chi connectivity index (χ1) is 12.6. The number of furan rings is 1. The number of halogens is 1. The number of hydrogen-bond acceptors (Lipinski definition) is 4. The summed E-state index contributed by atoms with van der Waals surface area (Å²) in [5.74, 6) is 2.57. The molecule has 0 spiro atoms. The fourth-order valence-electron chi connectivity index (χ4n) is 2.48. The zero-order chi connectivity index (χ0) is 18.8. The van der Waals surface area contributed by atoms with Crippen LogP contribution in [0.4, 0.5) is 0 Å². The largest absolute Gasteiger partial charge is 0.492 e. The average Bonchev–Trinajstić information content (AvgIpc) is 3.14. The second-order valence-corrected chi connectivity index (χ2v) is 6.30. The van der Waals surface area contributed by atoms with Crippen LogP contribution in [0.3, 0.4) is 0 Å². The van der Waals surface area contributed by atoms with Crippen molar-refractivity contribution in [2.45, 2.75) is 19.9 Å². The number of aryl methyl sites for hydroxylation is 1. The molecule has 27 heavy (non-hydrogen) atoms. The molecule has 1 unspecified atom stereocenters. The molecule has 0 amide bonds. The highest BCUT2D eigenvalue weighted by molar-refractivity contribution is 14.0. The second kappa shape index (κ2) is 12.6. The van der Waals surface area contributed by atoms with Crippen molar-refractivity contribution < 1.29 is 9.15 Å². The number of rotatable bonds is 9. The second-order valence-electron chi connectivity index (χ2n) is 6.30. The van der Waals surface area contributed by atoms with E-state index in [4.69, 9.17) is 9.15 Å². The van der Waals surface area contributed by atoms with E-state index in [9.17, 15) is 0 Å². The zero-order valence-corrected chi connectivity index (χ0v) is 18.9. The zero-order valence-electron chi connectivity index (χ0n) is 16.6. The summed E-state index contributed by atoms with van der Waals surface area (Å²) >= 11 is 0. The highest BCUT2D eigenvalue weighted by Gasteiger charge is 2.16. The Hall–Kier alpha value is -1.74. The Morgan fingerprint density at radius 2 is 1.93 bits per heavy atom. The fourth-order valence-corrected chi connectivity index (χ4v) is 2.48. The third-order valence-corrected chi connectivity index (χ3v) is 3.95. The summed E-state index contributed by atoms with van der Waals surface area (Å²) in [6.07, 6.45) is 1.70. The van der Waals surface area contributed by atoms with Gasteiger partial charge in [-0.25, -0.2) is 0 Å². The van der Waals surface area contributed by atoms with Gasteiger partial charge in [0.05, 0.1) is 25.4 Å². The molecule has 0 saturated carbocycles. The van der Waals surface area contributed by atoms with E-state index in [0.717, 1.165) is 24.0 Å². The molecule has 0 fully saturated rings. The molecular weight excluding hydrogens is 455 g/mol. The van der Waals surface area contributed by atoms with Crippen molar-refractivity contribution >= 4 is 29.9 Å². The molecule has 2 aromatic rings. The Balaban J connectivity index is 0.00000364. The van der Waals surface area contributed by atoms with Crippen LogP contribution in [0.5, 0.6) is 5.75 Å². The highest BCUT2D eigenvalue weighted by Crippen LogP contribution is 2.18. The quantitative estimate of drug-likeness (QED) is 0.246. The summed E-state index contributed by atoms with van der Waals surface area (Å²) in [4.78, 5) is 6.79. The van der Waals surface area contributed by atoms with Gasteiger partial charge in [0.1, 0.15) is 18.1 Å². The van der Waals surface area contributed by atoms with Crippen molar-refractivity contribution in [2.24, 2.45) is 4.99 Å². The molecule has 6 nitrogen and oxygen atoms in total. The molecule has 2 rings (SSSR count). The maximum absolute atomic E-state index is 5.74. The van der Waals surface area contributed by atoms with Crippen molar-refractivity contribution in [3.8, 4) is 5.75 Å². The Labute approximate surface area is 179 Å². The van der Waals surface area contributed by atoms with Gasteiger partial charge in [0, 0.05) is 6.54 Å². The molecule has 0 bridgehead atoms. The van der Waals surface area contributed by atoms with Crippen molar-refractivity contribution in [3.05, 3.63) is 54.0 Å². The number of hydrogen-bond donors (Lipinski definition) is 2. The molecule has 0 aliphatic carbocycles. The molecular formula is C20H31IN4O2. The van der Waals surface area contributed by atoms with Gasteiger partial charge in [0.2, 0.25) is 0 Å². The summed E-state index contributed by atoms with van der Waals surface area (Å²) in [5.41, 5.74) is 1.23. The lowest BCUT2D eigenvalue weighted by Crippen LogP contribution is -2.40. The van der Waals surface area contributed by atoms with Gasteiger partial charge in [0.15, 0.2) is 5.96 Å². The number of guanidine groups is 1. The van der Waals surface area contributed by atoms with Crippen LogP contribution in [0.1, 0.15) is 24.3 Å². The molecule has 2 N–H and O–H groups in total. The Morgan fingerprint density at radius 1 is 1.19 bits per heavy atom. The van der Waals surface area contributed by atoms with E-state index in [2.05, 4.69) is 34.4 Å². The number of nitrogens with zero attached hydrogens (tertiary/aromatic N) is 2. The first-order valence-electron chi connectivity index (χ1n) is 9.01. The van der Waals surface area contributed by atoms with E-state index in [0.29, 0.717) is 19.7 Å².